The van der Waals surface area contributed by atoms with Crippen LogP contribution in [0.4, 0.5) is 0 Å². The molecule has 1 aliphatic heterocycles. The fraction of sp³-hybridized carbons (Fsp3) is 0.625. The molecule has 1 saturated carbocycles. The van der Waals surface area contributed by atoms with Crippen LogP contribution in [0, 0.1) is 11.8 Å². The van der Waals surface area contributed by atoms with E-state index in [1.54, 1.807) is 0 Å². The van der Waals surface area contributed by atoms with Crippen LogP contribution in [-0.2, 0) is 9.53 Å². The maximum Gasteiger partial charge on any atom is 0.309 e. The van der Waals surface area contributed by atoms with E-state index < -0.39 is 0 Å². The van der Waals surface area contributed by atoms with Crippen LogP contribution in [-0.4, -0.2) is 12.6 Å². The Kier molecular flexibility index (Phi) is 2.29. The molecule has 0 aromatic carbocycles. The summed E-state index contributed by atoms with van der Waals surface area (Å²) < 4.78 is 5.97. The summed E-state index contributed by atoms with van der Waals surface area (Å²) in [5.74, 6) is 0.541. The van der Waals surface area contributed by atoms with Crippen LogP contribution in [0.15, 0.2) is 8.96 Å². The summed E-state index contributed by atoms with van der Waals surface area (Å²) in [6.45, 7) is 0.611. The summed E-state index contributed by atoms with van der Waals surface area (Å²) in [7, 11) is 0. The minimum absolute atomic E-state index is 0.0174. The molecule has 2 fully saturated rings. The molecule has 0 spiro atoms. The maximum absolute atomic E-state index is 11.1. The SMILES string of the molecule is O=C1OCC2CC(=C(Br)Br)CC12. The van der Waals surface area contributed by atoms with Crippen LogP contribution in [0.25, 0.3) is 0 Å². The lowest BCUT2D eigenvalue weighted by molar-refractivity contribution is -0.141. The van der Waals surface area contributed by atoms with Gasteiger partial charge in [-0.1, -0.05) is 0 Å². The van der Waals surface area contributed by atoms with Gasteiger partial charge in [-0.25, -0.2) is 0 Å². The lowest BCUT2D eigenvalue weighted by Crippen LogP contribution is -2.08. The molecule has 1 aliphatic carbocycles. The first-order chi connectivity index (χ1) is 5.68. The Labute approximate surface area is 87.6 Å². The van der Waals surface area contributed by atoms with Crippen LogP contribution in [0.3, 0.4) is 0 Å². The van der Waals surface area contributed by atoms with Gasteiger partial charge < -0.3 is 4.74 Å². The number of halogens is 2. The Morgan fingerprint density at radius 1 is 1.42 bits per heavy atom. The zero-order valence-electron chi connectivity index (χ0n) is 6.35. The van der Waals surface area contributed by atoms with Gasteiger partial charge in [-0.3, -0.25) is 4.79 Å². The molecule has 2 aliphatic rings. The summed E-state index contributed by atoms with van der Waals surface area (Å²) in [6.07, 6.45) is 1.84. The van der Waals surface area contributed by atoms with Crippen molar-refractivity contribution in [2.45, 2.75) is 12.8 Å². The summed E-state index contributed by atoms with van der Waals surface area (Å²) in [5.41, 5.74) is 1.31. The lowest BCUT2D eigenvalue weighted by Gasteiger charge is -1.99. The van der Waals surface area contributed by atoms with Gasteiger partial charge in [-0.05, 0) is 50.3 Å². The number of esters is 1. The van der Waals surface area contributed by atoms with E-state index in [-0.39, 0.29) is 11.9 Å². The Hall–Kier alpha value is 0.170. The van der Waals surface area contributed by atoms with Crippen molar-refractivity contribution in [3.8, 4) is 0 Å². The molecule has 1 heterocycles. The molecular weight excluding hydrogens is 288 g/mol. The van der Waals surface area contributed by atoms with E-state index in [0.717, 1.165) is 16.2 Å². The third-order valence-corrected chi connectivity index (χ3v) is 3.68. The normalized spacial score (nSPS) is 33.5. The summed E-state index contributed by atoms with van der Waals surface area (Å²) in [4.78, 5) is 11.1. The average Bonchev–Trinajstić information content (AvgIpc) is 2.53. The molecule has 0 amide bonds. The van der Waals surface area contributed by atoms with Crippen LogP contribution in [0.2, 0.25) is 0 Å². The summed E-state index contributed by atoms with van der Waals surface area (Å²) in [5, 5.41) is 0. The first-order valence-electron chi connectivity index (χ1n) is 3.88. The van der Waals surface area contributed by atoms with Crippen molar-refractivity contribution in [3.05, 3.63) is 8.96 Å². The molecule has 0 aromatic rings. The highest BCUT2D eigenvalue weighted by atomic mass is 79.9. The molecule has 0 bridgehead atoms. The Morgan fingerprint density at radius 2 is 2.17 bits per heavy atom. The quantitative estimate of drug-likeness (QED) is 0.642. The fourth-order valence-electron chi connectivity index (χ4n) is 1.88. The Bertz CT molecular complexity index is 256. The highest BCUT2D eigenvalue weighted by Crippen LogP contribution is 2.44. The van der Waals surface area contributed by atoms with E-state index in [1.165, 1.54) is 5.57 Å². The van der Waals surface area contributed by atoms with Crippen molar-refractivity contribution < 1.29 is 9.53 Å². The molecule has 0 N–H and O–H groups in total. The van der Waals surface area contributed by atoms with E-state index in [2.05, 4.69) is 31.9 Å². The molecular formula is C8H8Br2O2. The van der Waals surface area contributed by atoms with E-state index >= 15 is 0 Å². The van der Waals surface area contributed by atoms with Gasteiger partial charge in [0.15, 0.2) is 0 Å². The minimum Gasteiger partial charge on any atom is -0.465 e. The van der Waals surface area contributed by atoms with Gasteiger partial charge in [0.2, 0.25) is 0 Å². The number of allylic oxidation sites excluding steroid dienone is 1. The maximum atomic E-state index is 11.1. The molecule has 2 atom stereocenters. The number of rotatable bonds is 0. The fourth-order valence-corrected chi connectivity index (χ4v) is 2.52. The molecule has 12 heavy (non-hydrogen) atoms. The van der Waals surface area contributed by atoms with Gasteiger partial charge >= 0.3 is 5.97 Å². The molecule has 0 radical (unpaired) electrons. The standard InChI is InChI=1S/C8H8Br2O2/c9-7(10)4-1-5-3-12-8(11)6(5)2-4/h5-6H,1-3H2. The first kappa shape index (κ1) is 8.75. The molecule has 2 unspecified atom stereocenters. The second kappa shape index (κ2) is 3.14. The van der Waals surface area contributed by atoms with Gasteiger partial charge in [0, 0.05) is 5.92 Å². The second-order valence-corrected chi connectivity index (χ2v) is 5.92. The highest BCUT2D eigenvalue weighted by molar-refractivity contribution is 9.28. The number of fused-ring (bicyclic) bond motifs is 1. The highest BCUT2D eigenvalue weighted by Gasteiger charge is 2.42. The molecule has 1 saturated heterocycles. The Balaban J connectivity index is 2.18. The molecule has 66 valence electrons. The van der Waals surface area contributed by atoms with E-state index in [9.17, 15) is 4.79 Å². The van der Waals surface area contributed by atoms with Crippen molar-refractivity contribution in [2.75, 3.05) is 6.61 Å². The van der Waals surface area contributed by atoms with Crippen LogP contribution < -0.4 is 0 Å². The number of cyclic esters (lactones) is 1. The number of carbonyl (C=O) groups excluding carboxylic acids is 1. The lowest BCUT2D eigenvalue weighted by atomic mass is 10.0. The minimum atomic E-state index is -0.0174. The third kappa shape index (κ3) is 1.35. The predicted octanol–water partition coefficient (Wildman–Crippen LogP) is 2.57. The second-order valence-electron chi connectivity index (χ2n) is 3.27. The van der Waals surface area contributed by atoms with Gasteiger partial charge in [-0.2, -0.15) is 0 Å². The summed E-state index contributed by atoms with van der Waals surface area (Å²) >= 11 is 6.75. The zero-order valence-corrected chi connectivity index (χ0v) is 9.52. The van der Waals surface area contributed by atoms with Crippen molar-refractivity contribution in [3.63, 3.8) is 0 Å². The summed E-state index contributed by atoms with van der Waals surface area (Å²) in [6, 6.07) is 0. The largest absolute Gasteiger partial charge is 0.465 e. The van der Waals surface area contributed by atoms with Crippen molar-refractivity contribution in [1.29, 1.82) is 0 Å². The topological polar surface area (TPSA) is 26.3 Å². The monoisotopic (exact) mass is 294 g/mol. The van der Waals surface area contributed by atoms with Gasteiger partial charge in [0.05, 0.1) is 15.9 Å². The van der Waals surface area contributed by atoms with E-state index in [1.807, 2.05) is 0 Å². The van der Waals surface area contributed by atoms with Gasteiger partial charge in [-0.15, -0.1) is 0 Å². The average molecular weight is 296 g/mol. The molecule has 0 aromatic heterocycles. The Morgan fingerprint density at radius 3 is 2.75 bits per heavy atom. The number of hydrogen-bond donors (Lipinski definition) is 0. The zero-order chi connectivity index (χ0) is 8.72. The van der Waals surface area contributed by atoms with Crippen molar-refractivity contribution in [1.82, 2.24) is 0 Å². The third-order valence-electron chi connectivity index (χ3n) is 2.55. The number of ether oxygens (including phenoxy) is 1. The van der Waals surface area contributed by atoms with Crippen LogP contribution >= 0.6 is 31.9 Å². The molecule has 2 nitrogen and oxygen atoms in total. The van der Waals surface area contributed by atoms with Crippen molar-refractivity contribution >= 4 is 37.8 Å². The first-order valence-corrected chi connectivity index (χ1v) is 5.46. The smallest absolute Gasteiger partial charge is 0.309 e. The van der Waals surface area contributed by atoms with Gasteiger partial charge in [0.1, 0.15) is 0 Å². The van der Waals surface area contributed by atoms with Crippen molar-refractivity contribution in [2.24, 2.45) is 11.8 Å². The van der Waals surface area contributed by atoms with E-state index in [4.69, 9.17) is 4.74 Å². The van der Waals surface area contributed by atoms with Crippen LogP contribution in [0.5, 0.6) is 0 Å². The molecule has 2 rings (SSSR count). The number of hydrogen-bond acceptors (Lipinski definition) is 2. The molecule has 4 heteroatoms. The van der Waals surface area contributed by atoms with Crippen LogP contribution in [0.1, 0.15) is 12.8 Å². The number of carbonyl (C=O) groups is 1. The predicted molar refractivity (Wildman–Crippen MR) is 52.1 cm³/mol. The van der Waals surface area contributed by atoms with Gasteiger partial charge in [0.25, 0.3) is 0 Å². The van der Waals surface area contributed by atoms with E-state index in [0.29, 0.717) is 12.5 Å².